The van der Waals surface area contributed by atoms with Crippen molar-refractivity contribution in [1.82, 2.24) is 9.55 Å². The Hall–Kier alpha value is -2.98. The summed E-state index contributed by atoms with van der Waals surface area (Å²) in [6.07, 6.45) is 0. The van der Waals surface area contributed by atoms with Crippen molar-refractivity contribution in [2.24, 2.45) is 0 Å². The second kappa shape index (κ2) is 6.49. The van der Waals surface area contributed by atoms with Gasteiger partial charge in [0, 0.05) is 5.56 Å². The van der Waals surface area contributed by atoms with Crippen LogP contribution in [0.4, 0.5) is 0 Å². The molecule has 25 heavy (non-hydrogen) atoms. The highest BCUT2D eigenvalue weighted by atomic mass is 32.1. The van der Waals surface area contributed by atoms with Crippen LogP contribution < -0.4 is 0 Å². The molecule has 0 saturated heterocycles. The highest BCUT2D eigenvalue weighted by molar-refractivity contribution is 7.71. The van der Waals surface area contributed by atoms with Crippen LogP contribution in [0, 0.1) is 4.77 Å². The molecule has 0 saturated carbocycles. The molecule has 4 aromatic rings. The van der Waals surface area contributed by atoms with Crippen molar-refractivity contribution in [2.75, 3.05) is 0 Å². The first-order valence-electron chi connectivity index (χ1n) is 8.09. The van der Waals surface area contributed by atoms with Gasteiger partial charge in [0.2, 0.25) is 0 Å². The first-order valence-corrected chi connectivity index (χ1v) is 8.50. The molecule has 0 amide bonds. The van der Waals surface area contributed by atoms with Crippen molar-refractivity contribution in [1.29, 1.82) is 0 Å². The molecule has 1 unspecified atom stereocenters. The molecule has 0 aliphatic heterocycles. The Labute approximate surface area is 150 Å². The molecule has 3 aromatic carbocycles. The Morgan fingerprint density at radius 3 is 2.16 bits per heavy atom. The van der Waals surface area contributed by atoms with Crippen LogP contribution in [-0.4, -0.2) is 15.3 Å². The van der Waals surface area contributed by atoms with Crippen LogP contribution in [-0.2, 0) is 0 Å². The van der Waals surface area contributed by atoms with Gasteiger partial charge in [-0.15, -0.1) is 0 Å². The monoisotopic (exact) mass is 344 g/mol. The highest BCUT2D eigenvalue weighted by Crippen LogP contribution is 2.28. The molecule has 0 radical (unpaired) electrons. The molecule has 1 atom stereocenters. The number of H-pyrrole nitrogens is 1. The number of hydrogen-bond acceptors (Lipinski definition) is 2. The molecular weight excluding hydrogens is 328 g/mol. The molecule has 1 aromatic heterocycles. The van der Waals surface area contributed by atoms with Gasteiger partial charge < -0.3 is 9.55 Å². The average molecular weight is 344 g/mol. The van der Waals surface area contributed by atoms with E-state index in [1.165, 1.54) is 0 Å². The van der Waals surface area contributed by atoms with E-state index in [-0.39, 0.29) is 5.78 Å². The predicted octanol–water partition coefficient (Wildman–Crippen LogP) is 5.17. The number of fused-ring (bicyclic) bond motifs is 1. The van der Waals surface area contributed by atoms with Crippen LogP contribution in [0.2, 0.25) is 0 Å². The van der Waals surface area contributed by atoms with Gasteiger partial charge in [0.15, 0.2) is 10.6 Å². The number of Topliss-reactive ketones (excluding diaryl/α,β-unsaturated/α-hetero) is 1. The SMILES string of the molecule is O=C(c1ccccc1)C(c1ccccc1)n1c(=S)[nH]c2ccccc21. The standard InChI is InChI=1S/C21H16N2OS/c24-20(16-11-5-2-6-12-16)19(15-9-3-1-4-10-15)23-18-14-8-7-13-17(18)22-21(23)25/h1-14,19H,(H,22,25). The Bertz CT molecular complexity index is 1080. The number of ketones is 1. The molecule has 0 aliphatic carbocycles. The summed E-state index contributed by atoms with van der Waals surface area (Å²) in [5.41, 5.74) is 3.43. The third kappa shape index (κ3) is 2.81. The van der Waals surface area contributed by atoms with E-state index in [0.29, 0.717) is 10.3 Å². The lowest BCUT2D eigenvalue weighted by atomic mass is 9.97. The summed E-state index contributed by atoms with van der Waals surface area (Å²) in [5, 5.41) is 0. The fourth-order valence-corrected chi connectivity index (χ4v) is 3.46. The van der Waals surface area contributed by atoms with Crippen LogP contribution in [0.5, 0.6) is 0 Å². The van der Waals surface area contributed by atoms with Crippen LogP contribution >= 0.6 is 12.2 Å². The van der Waals surface area contributed by atoms with Crippen LogP contribution in [0.15, 0.2) is 84.9 Å². The zero-order valence-corrected chi connectivity index (χ0v) is 14.2. The molecule has 1 heterocycles. The van der Waals surface area contributed by atoms with E-state index in [0.717, 1.165) is 16.6 Å². The van der Waals surface area contributed by atoms with Gasteiger partial charge in [-0.05, 0) is 29.9 Å². The molecule has 4 heteroatoms. The maximum atomic E-state index is 13.4. The van der Waals surface area contributed by atoms with Crippen molar-refractivity contribution in [2.45, 2.75) is 6.04 Å². The summed E-state index contributed by atoms with van der Waals surface area (Å²) in [7, 11) is 0. The number of benzene rings is 3. The molecule has 0 aliphatic rings. The maximum Gasteiger partial charge on any atom is 0.190 e. The summed E-state index contributed by atoms with van der Waals surface area (Å²) in [5.74, 6) is 0.0210. The van der Waals surface area contributed by atoms with E-state index < -0.39 is 6.04 Å². The predicted molar refractivity (Wildman–Crippen MR) is 102 cm³/mol. The number of carbonyl (C=O) groups excluding carboxylic acids is 1. The van der Waals surface area contributed by atoms with Gasteiger partial charge in [-0.3, -0.25) is 4.79 Å². The van der Waals surface area contributed by atoms with Crippen LogP contribution in [0.3, 0.4) is 0 Å². The minimum atomic E-state index is -0.507. The molecule has 0 spiro atoms. The molecule has 4 rings (SSSR count). The lowest BCUT2D eigenvalue weighted by Crippen LogP contribution is -2.21. The fourth-order valence-electron chi connectivity index (χ4n) is 3.14. The number of aromatic amines is 1. The van der Waals surface area contributed by atoms with Crippen molar-refractivity contribution in [3.05, 3.63) is 101 Å². The quantitative estimate of drug-likeness (QED) is 0.409. The van der Waals surface area contributed by atoms with Gasteiger partial charge in [-0.25, -0.2) is 0 Å². The molecular formula is C21H16N2OS. The molecule has 3 nitrogen and oxygen atoms in total. The Morgan fingerprint density at radius 1 is 0.840 bits per heavy atom. The van der Waals surface area contributed by atoms with Gasteiger partial charge in [0.25, 0.3) is 0 Å². The van der Waals surface area contributed by atoms with Gasteiger partial charge in [-0.2, -0.15) is 0 Å². The van der Waals surface area contributed by atoms with E-state index in [9.17, 15) is 4.79 Å². The summed E-state index contributed by atoms with van der Waals surface area (Å²) in [4.78, 5) is 16.6. The van der Waals surface area contributed by atoms with E-state index in [4.69, 9.17) is 12.2 Å². The normalized spacial score (nSPS) is 12.2. The first-order chi connectivity index (χ1) is 12.3. The zero-order chi connectivity index (χ0) is 17.2. The summed E-state index contributed by atoms with van der Waals surface area (Å²) in [6, 6.07) is 26.5. The van der Waals surface area contributed by atoms with E-state index >= 15 is 0 Å². The summed E-state index contributed by atoms with van der Waals surface area (Å²) >= 11 is 5.55. The smallest absolute Gasteiger partial charge is 0.190 e. The molecule has 0 bridgehead atoms. The number of nitrogens with zero attached hydrogens (tertiary/aromatic N) is 1. The third-order valence-electron chi connectivity index (χ3n) is 4.30. The summed E-state index contributed by atoms with van der Waals surface area (Å²) < 4.78 is 2.45. The number of carbonyl (C=O) groups is 1. The van der Waals surface area contributed by atoms with E-state index in [2.05, 4.69) is 4.98 Å². The second-order valence-corrected chi connectivity index (χ2v) is 6.25. The lowest BCUT2D eigenvalue weighted by molar-refractivity contribution is 0.0947. The van der Waals surface area contributed by atoms with Crippen LogP contribution in [0.25, 0.3) is 11.0 Å². The number of aromatic nitrogens is 2. The Kier molecular flexibility index (Phi) is 4.04. The Balaban J connectivity index is 1.97. The number of para-hydroxylation sites is 2. The average Bonchev–Trinajstić information content (AvgIpc) is 3.00. The van der Waals surface area contributed by atoms with E-state index in [1.54, 1.807) is 0 Å². The first kappa shape index (κ1) is 15.5. The largest absolute Gasteiger partial charge is 0.331 e. The third-order valence-corrected chi connectivity index (χ3v) is 4.60. The van der Waals surface area contributed by atoms with Crippen molar-refractivity contribution in [3.8, 4) is 0 Å². The van der Waals surface area contributed by atoms with Crippen LogP contribution in [0.1, 0.15) is 22.0 Å². The maximum absolute atomic E-state index is 13.4. The molecule has 122 valence electrons. The molecule has 0 fully saturated rings. The van der Waals surface area contributed by atoms with Gasteiger partial charge in [0.05, 0.1) is 11.0 Å². The second-order valence-electron chi connectivity index (χ2n) is 5.86. The van der Waals surface area contributed by atoms with Crippen molar-refractivity contribution >= 4 is 29.0 Å². The highest BCUT2D eigenvalue weighted by Gasteiger charge is 2.26. The van der Waals surface area contributed by atoms with Gasteiger partial charge in [-0.1, -0.05) is 72.8 Å². The fraction of sp³-hybridized carbons (Fsp3) is 0.0476. The minimum absolute atomic E-state index is 0.0210. The van der Waals surface area contributed by atoms with Gasteiger partial charge in [0.1, 0.15) is 6.04 Å². The number of hydrogen-bond donors (Lipinski definition) is 1. The van der Waals surface area contributed by atoms with Crippen molar-refractivity contribution < 1.29 is 4.79 Å². The number of imidazole rings is 1. The number of nitrogens with one attached hydrogen (secondary N) is 1. The topological polar surface area (TPSA) is 37.8 Å². The number of rotatable bonds is 4. The zero-order valence-electron chi connectivity index (χ0n) is 13.4. The van der Waals surface area contributed by atoms with Crippen molar-refractivity contribution in [3.63, 3.8) is 0 Å². The summed E-state index contributed by atoms with van der Waals surface area (Å²) in [6.45, 7) is 0. The molecule has 1 N–H and O–H groups in total. The Morgan fingerprint density at radius 2 is 1.44 bits per heavy atom. The van der Waals surface area contributed by atoms with E-state index in [1.807, 2.05) is 89.5 Å². The lowest BCUT2D eigenvalue weighted by Gasteiger charge is -2.19. The van der Waals surface area contributed by atoms with Gasteiger partial charge >= 0.3 is 0 Å². The minimum Gasteiger partial charge on any atom is -0.331 e.